The average molecular weight is 214 g/mol. The molecule has 1 N–H and O–H groups in total. The van der Waals surface area contributed by atoms with Crippen molar-refractivity contribution in [3.63, 3.8) is 0 Å². The Hall–Kier alpha value is -2.17. The van der Waals surface area contributed by atoms with Crippen LogP contribution in [0.3, 0.4) is 0 Å². The molecule has 3 aromatic rings. The van der Waals surface area contributed by atoms with Crippen molar-refractivity contribution in [1.29, 1.82) is 0 Å². The Morgan fingerprint density at radius 3 is 2.81 bits per heavy atom. The topological polar surface area (TPSA) is 67.6 Å². The lowest BCUT2D eigenvalue weighted by atomic mass is 10.2. The van der Waals surface area contributed by atoms with Gasteiger partial charge in [-0.25, -0.2) is 4.98 Å². The molecule has 0 unspecified atom stereocenters. The van der Waals surface area contributed by atoms with E-state index in [0.717, 1.165) is 22.4 Å². The van der Waals surface area contributed by atoms with Crippen molar-refractivity contribution >= 4 is 11.0 Å². The molecule has 0 aliphatic rings. The SMILES string of the molecule is Cc1nc2cc(-c3nnc(C)o3)ccc2[nH]1. The number of H-pyrrole nitrogens is 1. The van der Waals surface area contributed by atoms with E-state index in [1.807, 2.05) is 25.1 Å². The van der Waals surface area contributed by atoms with E-state index >= 15 is 0 Å². The van der Waals surface area contributed by atoms with Crippen molar-refractivity contribution < 1.29 is 4.42 Å². The lowest BCUT2D eigenvalue weighted by molar-refractivity contribution is 0.533. The van der Waals surface area contributed by atoms with Crippen LogP contribution in [0.1, 0.15) is 11.7 Å². The number of imidazole rings is 1. The number of nitrogens with zero attached hydrogens (tertiary/aromatic N) is 3. The van der Waals surface area contributed by atoms with Gasteiger partial charge in [-0.3, -0.25) is 0 Å². The summed E-state index contributed by atoms with van der Waals surface area (Å²) in [6.07, 6.45) is 0. The normalized spacial score (nSPS) is 11.1. The molecule has 2 aromatic heterocycles. The van der Waals surface area contributed by atoms with Gasteiger partial charge in [0.2, 0.25) is 11.8 Å². The van der Waals surface area contributed by atoms with Gasteiger partial charge in [-0.1, -0.05) is 0 Å². The van der Waals surface area contributed by atoms with Crippen LogP contribution in [-0.4, -0.2) is 20.2 Å². The largest absolute Gasteiger partial charge is 0.421 e. The Morgan fingerprint density at radius 1 is 1.19 bits per heavy atom. The van der Waals surface area contributed by atoms with Crippen LogP contribution in [0.4, 0.5) is 0 Å². The van der Waals surface area contributed by atoms with E-state index in [0.29, 0.717) is 11.8 Å². The zero-order valence-corrected chi connectivity index (χ0v) is 8.98. The fraction of sp³-hybridized carbons (Fsp3) is 0.182. The number of hydrogen-bond acceptors (Lipinski definition) is 4. The molecule has 0 bridgehead atoms. The third-order valence-corrected chi connectivity index (χ3v) is 2.37. The van der Waals surface area contributed by atoms with Crippen LogP contribution in [0.5, 0.6) is 0 Å². The number of aromatic amines is 1. The summed E-state index contributed by atoms with van der Waals surface area (Å²) >= 11 is 0. The summed E-state index contributed by atoms with van der Waals surface area (Å²) in [5.74, 6) is 1.99. The summed E-state index contributed by atoms with van der Waals surface area (Å²) in [4.78, 5) is 7.53. The summed E-state index contributed by atoms with van der Waals surface area (Å²) in [5, 5.41) is 7.78. The van der Waals surface area contributed by atoms with Crippen LogP contribution in [0.15, 0.2) is 22.6 Å². The summed E-state index contributed by atoms with van der Waals surface area (Å²) in [7, 11) is 0. The van der Waals surface area contributed by atoms with Gasteiger partial charge in [-0.15, -0.1) is 10.2 Å². The van der Waals surface area contributed by atoms with Gasteiger partial charge >= 0.3 is 0 Å². The molecule has 5 heteroatoms. The van der Waals surface area contributed by atoms with E-state index in [-0.39, 0.29) is 0 Å². The van der Waals surface area contributed by atoms with Crippen LogP contribution in [-0.2, 0) is 0 Å². The maximum Gasteiger partial charge on any atom is 0.247 e. The van der Waals surface area contributed by atoms with Crippen molar-refractivity contribution in [2.24, 2.45) is 0 Å². The molecule has 1 aromatic carbocycles. The quantitative estimate of drug-likeness (QED) is 0.674. The fourth-order valence-corrected chi connectivity index (χ4v) is 1.68. The van der Waals surface area contributed by atoms with Crippen molar-refractivity contribution in [3.8, 4) is 11.5 Å². The Kier molecular flexibility index (Phi) is 1.80. The molecule has 0 spiro atoms. The number of rotatable bonds is 1. The molecule has 5 nitrogen and oxygen atoms in total. The lowest BCUT2D eigenvalue weighted by Gasteiger charge is -1.93. The van der Waals surface area contributed by atoms with E-state index < -0.39 is 0 Å². The lowest BCUT2D eigenvalue weighted by Crippen LogP contribution is -1.78. The minimum Gasteiger partial charge on any atom is -0.421 e. The second kappa shape index (κ2) is 3.16. The molecule has 0 aliphatic carbocycles. The van der Waals surface area contributed by atoms with Crippen LogP contribution < -0.4 is 0 Å². The van der Waals surface area contributed by atoms with Gasteiger partial charge < -0.3 is 9.40 Å². The number of hydrogen-bond donors (Lipinski definition) is 1. The molecule has 0 atom stereocenters. The van der Waals surface area contributed by atoms with E-state index in [9.17, 15) is 0 Å². The van der Waals surface area contributed by atoms with Crippen molar-refractivity contribution in [3.05, 3.63) is 29.9 Å². The van der Waals surface area contributed by atoms with Crippen molar-refractivity contribution in [1.82, 2.24) is 20.2 Å². The van der Waals surface area contributed by atoms with Gasteiger partial charge in [0.15, 0.2) is 0 Å². The highest BCUT2D eigenvalue weighted by atomic mass is 16.4. The number of fused-ring (bicyclic) bond motifs is 1. The third-order valence-electron chi connectivity index (χ3n) is 2.37. The number of aromatic nitrogens is 4. The van der Waals surface area contributed by atoms with Gasteiger partial charge in [0, 0.05) is 12.5 Å². The monoisotopic (exact) mass is 214 g/mol. The van der Waals surface area contributed by atoms with Crippen LogP contribution in [0.25, 0.3) is 22.5 Å². The van der Waals surface area contributed by atoms with E-state index in [2.05, 4.69) is 20.2 Å². The first-order chi connectivity index (χ1) is 7.72. The van der Waals surface area contributed by atoms with E-state index in [1.54, 1.807) is 6.92 Å². The molecule has 2 heterocycles. The van der Waals surface area contributed by atoms with E-state index in [4.69, 9.17) is 4.42 Å². The highest BCUT2D eigenvalue weighted by Gasteiger charge is 2.07. The summed E-state index contributed by atoms with van der Waals surface area (Å²) < 4.78 is 5.37. The van der Waals surface area contributed by atoms with Crippen LogP contribution in [0, 0.1) is 13.8 Å². The Bertz CT molecular complexity index is 653. The minimum absolute atomic E-state index is 0.528. The maximum absolute atomic E-state index is 5.37. The molecule has 0 saturated heterocycles. The van der Waals surface area contributed by atoms with Gasteiger partial charge in [-0.05, 0) is 25.1 Å². The first-order valence-electron chi connectivity index (χ1n) is 4.99. The molecule has 0 radical (unpaired) electrons. The van der Waals surface area contributed by atoms with Crippen molar-refractivity contribution in [2.45, 2.75) is 13.8 Å². The summed E-state index contributed by atoms with van der Waals surface area (Å²) in [5.41, 5.74) is 2.81. The highest BCUT2D eigenvalue weighted by Crippen LogP contribution is 2.21. The highest BCUT2D eigenvalue weighted by molar-refractivity contribution is 5.80. The minimum atomic E-state index is 0.528. The molecule has 16 heavy (non-hydrogen) atoms. The average Bonchev–Trinajstić information content (AvgIpc) is 2.81. The second-order valence-corrected chi connectivity index (χ2v) is 3.68. The zero-order valence-electron chi connectivity index (χ0n) is 8.98. The van der Waals surface area contributed by atoms with Gasteiger partial charge in [0.25, 0.3) is 0 Å². The van der Waals surface area contributed by atoms with Crippen LogP contribution in [0.2, 0.25) is 0 Å². The van der Waals surface area contributed by atoms with Gasteiger partial charge in [-0.2, -0.15) is 0 Å². The summed E-state index contributed by atoms with van der Waals surface area (Å²) in [6.45, 7) is 3.70. The summed E-state index contributed by atoms with van der Waals surface area (Å²) in [6, 6.07) is 5.84. The van der Waals surface area contributed by atoms with Gasteiger partial charge in [0.05, 0.1) is 11.0 Å². The van der Waals surface area contributed by atoms with Crippen LogP contribution >= 0.6 is 0 Å². The molecule has 0 fully saturated rings. The van der Waals surface area contributed by atoms with Gasteiger partial charge in [0.1, 0.15) is 5.82 Å². The first-order valence-corrected chi connectivity index (χ1v) is 4.99. The standard InChI is InChI=1S/C11H10N4O/c1-6-12-9-4-3-8(5-10(9)13-6)11-15-14-7(2)16-11/h3-5H,1-2H3,(H,12,13). The molecular formula is C11H10N4O. The predicted molar refractivity (Wildman–Crippen MR) is 58.9 cm³/mol. The van der Waals surface area contributed by atoms with E-state index in [1.165, 1.54) is 0 Å². The molecular weight excluding hydrogens is 204 g/mol. The smallest absolute Gasteiger partial charge is 0.247 e. The Morgan fingerprint density at radius 2 is 2.06 bits per heavy atom. The first kappa shape index (κ1) is 9.08. The molecule has 80 valence electrons. The Labute approximate surface area is 91.5 Å². The van der Waals surface area contributed by atoms with Crippen molar-refractivity contribution in [2.75, 3.05) is 0 Å². The molecule has 3 rings (SSSR count). The Balaban J connectivity index is 2.17. The molecule has 0 aliphatic heterocycles. The zero-order chi connectivity index (χ0) is 11.1. The number of aryl methyl sites for hydroxylation is 2. The predicted octanol–water partition coefficient (Wildman–Crippen LogP) is 2.23. The molecule has 0 saturated carbocycles. The second-order valence-electron chi connectivity index (χ2n) is 3.68. The fourth-order valence-electron chi connectivity index (χ4n) is 1.68. The number of nitrogens with one attached hydrogen (secondary N) is 1. The molecule has 0 amide bonds. The number of benzene rings is 1. The maximum atomic E-state index is 5.37. The third kappa shape index (κ3) is 1.37.